The van der Waals surface area contributed by atoms with Crippen molar-refractivity contribution in [2.45, 2.75) is 38.6 Å². The smallest absolute Gasteiger partial charge is 0.320 e. The van der Waals surface area contributed by atoms with Crippen LogP contribution in [0.25, 0.3) is 0 Å². The minimum Gasteiger partial charge on any atom is -0.468 e. The number of rotatable bonds is 2. The van der Waals surface area contributed by atoms with Crippen molar-refractivity contribution in [1.82, 2.24) is 0 Å². The first-order valence-corrected chi connectivity index (χ1v) is 9.03. The number of hydrogen-bond acceptors (Lipinski definition) is 6. The van der Waals surface area contributed by atoms with E-state index < -0.39 is 28.6 Å². The number of methoxy groups -OCH3 is 1. The Morgan fingerprint density at radius 2 is 2.08 bits per heavy atom. The lowest BCUT2D eigenvalue weighted by Gasteiger charge is -2.55. The summed E-state index contributed by atoms with van der Waals surface area (Å²) in [7, 11) is 1.46. The molecule has 3 aliphatic heterocycles. The van der Waals surface area contributed by atoms with Crippen LogP contribution < -0.4 is 0 Å². The number of carbonyl (C=O) groups is 2. The molecule has 0 aromatic carbocycles. The van der Waals surface area contributed by atoms with E-state index >= 15 is 0 Å². The number of cyclic esters (lactones) is 1. The SMILES string of the molecule is C=C[C@@]1(C)CC[C@@H]2[C@]34O[C@H]5OC(=O)[C@@H](C=C3C=C(OC)OC(=O)[C@H]41)[C@]52C. The van der Waals surface area contributed by atoms with Gasteiger partial charge in [-0.25, -0.2) is 0 Å². The molecule has 0 N–H and O–H groups in total. The van der Waals surface area contributed by atoms with E-state index in [-0.39, 0.29) is 29.7 Å². The maximum atomic E-state index is 13.2. The van der Waals surface area contributed by atoms with Gasteiger partial charge in [0.05, 0.1) is 24.4 Å². The van der Waals surface area contributed by atoms with E-state index in [1.807, 2.05) is 26.0 Å². The van der Waals surface area contributed by atoms with E-state index in [1.165, 1.54) is 7.11 Å². The zero-order chi connectivity index (χ0) is 18.5. The Bertz CT molecular complexity index is 811. The summed E-state index contributed by atoms with van der Waals surface area (Å²) in [4.78, 5) is 25.6. The Balaban J connectivity index is 1.82. The minimum absolute atomic E-state index is 0.0190. The fourth-order valence-corrected chi connectivity index (χ4v) is 6.08. The third-order valence-corrected chi connectivity index (χ3v) is 7.46. The maximum absolute atomic E-state index is 13.2. The molecular weight excluding hydrogens is 336 g/mol. The summed E-state index contributed by atoms with van der Waals surface area (Å²) in [6, 6.07) is 0. The molecule has 3 heterocycles. The van der Waals surface area contributed by atoms with Gasteiger partial charge in [-0.3, -0.25) is 9.59 Å². The van der Waals surface area contributed by atoms with Crippen LogP contribution in [0.5, 0.6) is 0 Å². The molecule has 7 atom stereocenters. The van der Waals surface area contributed by atoms with Crippen LogP contribution in [0.4, 0.5) is 0 Å². The van der Waals surface area contributed by atoms with Crippen LogP contribution in [0.1, 0.15) is 26.7 Å². The molecule has 2 aliphatic carbocycles. The van der Waals surface area contributed by atoms with Crippen LogP contribution in [0.3, 0.4) is 0 Å². The standard InChI is InChI=1S/C20H22O6/c1-5-18(2)7-6-12-19(3)11-8-10-9-13(23-4)24-16(22)14(18)20(10,12)26-17(19)25-15(11)21/h5,8-9,11-12,14,17H,1,6-7H2,2-4H3/t11-,12+,14+,17-,18+,19+,20-/m1/s1. The highest BCUT2D eigenvalue weighted by Crippen LogP contribution is 2.71. The van der Waals surface area contributed by atoms with Crippen LogP contribution >= 0.6 is 0 Å². The average molecular weight is 358 g/mol. The molecule has 0 radical (unpaired) electrons. The first-order valence-electron chi connectivity index (χ1n) is 9.03. The number of carbonyl (C=O) groups excluding carboxylic acids is 2. The van der Waals surface area contributed by atoms with Crippen molar-refractivity contribution in [3.8, 4) is 0 Å². The summed E-state index contributed by atoms with van der Waals surface area (Å²) in [5.74, 6) is -1.52. The Hall–Kier alpha value is -2.08. The van der Waals surface area contributed by atoms with Crippen molar-refractivity contribution < 1.29 is 28.5 Å². The van der Waals surface area contributed by atoms with Crippen molar-refractivity contribution in [1.29, 1.82) is 0 Å². The zero-order valence-electron chi connectivity index (χ0n) is 15.1. The van der Waals surface area contributed by atoms with Crippen molar-refractivity contribution >= 4 is 11.9 Å². The van der Waals surface area contributed by atoms with Gasteiger partial charge in [-0.2, -0.15) is 0 Å². The highest BCUT2D eigenvalue weighted by molar-refractivity contribution is 5.83. The van der Waals surface area contributed by atoms with E-state index in [1.54, 1.807) is 6.08 Å². The van der Waals surface area contributed by atoms with Gasteiger partial charge in [-0.05, 0) is 18.4 Å². The summed E-state index contributed by atoms with van der Waals surface area (Å²) in [5.41, 5.74) is -1.08. The summed E-state index contributed by atoms with van der Waals surface area (Å²) in [6.07, 6.45) is 6.36. The Labute approximate surface area is 151 Å². The third-order valence-electron chi connectivity index (χ3n) is 7.46. The molecule has 2 saturated heterocycles. The molecule has 6 nitrogen and oxygen atoms in total. The number of allylic oxidation sites excluding steroid dienone is 1. The van der Waals surface area contributed by atoms with E-state index in [0.717, 1.165) is 18.4 Å². The molecule has 0 amide bonds. The molecular formula is C20H22O6. The number of hydrogen-bond donors (Lipinski definition) is 0. The summed E-state index contributed by atoms with van der Waals surface area (Å²) in [5, 5.41) is 0. The molecule has 5 rings (SSSR count). The first kappa shape index (κ1) is 16.1. The van der Waals surface area contributed by atoms with Gasteiger partial charge in [-0.1, -0.05) is 26.0 Å². The van der Waals surface area contributed by atoms with Crippen LogP contribution in [0.2, 0.25) is 0 Å². The van der Waals surface area contributed by atoms with Gasteiger partial charge in [-0.15, -0.1) is 6.58 Å². The monoisotopic (exact) mass is 358 g/mol. The van der Waals surface area contributed by atoms with Crippen LogP contribution in [0.15, 0.2) is 36.3 Å². The van der Waals surface area contributed by atoms with Crippen molar-refractivity contribution in [2.75, 3.05) is 7.11 Å². The Kier molecular flexibility index (Phi) is 2.85. The molecule has 26 heavy (non-hydrogen) atoms. The number of ether oxygens (including phenoxy) is 4. The van der Waals surface area contributed by atoms with E-state index in [0.29, 0.717) is 0 Å². The summed E-state index contributed by atoms with van der Waals surface area (Å²) >= 11 is 0. The first-order chi connectivity index (χ1) is 12.3. The molecule has 6 heteroatoms. The van der Waals surface area contributed by atoms with E-state index in [9.17, 15) is 9.59 Å². The molecule has 3 fully saturated rings. The fraction of sp³-hybridized carbons (Fsp3) is 0.600. The predicted molar refractivity (Wildman–Crippen MR) is 89.1 cm³/mol. The quantitative estimate of drug-likeness (QED) is 0.558. The molecule has 0 unspecified atom stereocenters. The second kappa shape index (κ2) is 4.60. The van der Waals surface area contributed by atoms with Crippen LogP contribution in [-0.2, 0) is 28.5 Å². The molecule has 5 aliphatic rings. The van der Waals surface area contributed by atoms with Gasteiger partial charge >= 0.3 is 11.9 Å². The second-order valence-electron chi connectivity index (χ2n) is 8.47. The van der Waals surface area contributed by atoms with Gasteiger partial charge in [0.25, 0.3) is 5.95 Å². The Morgan fingerprint density at radius 3 is 2.77 bits per heavy atom. The van der Waals surface area contributed by atoms with Crippen LogP contribution in [-0.4, -0.2) is 30.9 Å². The lowest BCUT2D eigenvalue weighted by Crippen LogP contribution is -2.61. The van der Waals surface area contributed by atoms with E-state index in [2.05, 4.69) is 6.58 Å². The van der Waals surface area contributed by atoms with Gasteiger partial charge < -0.3 is 18.9 Å². The van der Waals surface area contributed by atoms with Crippen LogP contribution in [0, 0.1) is 28.6 Å². The minimum atomic E-state index is -0.894. The van der Waals surface area contributed by atoms with Gasteiger partial charge in [0.2, 0.25) is 6.29 Å². The molecule has 0 aromatic heterocycles. The van der Waals surface area contributed by atoms with Gasteiger partial charge in [0.15, 0.2) is 0 Å². The van der Waals surface area contributed by atoms with Crippen molar-refractivity contribution in [3.63, 3.8) is 0 Å². The topological polar surface area (TPSA) is 71.1 Å². The average Bonchev–Trinajstić information content (AvgIpc) is 2.88. The lowest BCUT2D eigenvalue weighted by molar-refractivity contribution is -0.203. The zero-order valence-corrected chi connectivity index (χ0v) is 15.1. The highest BCUT2D eigenvalue weighted by atomic mass is 16.7. The Morgan fingerprint density at radius 1 is 1.31 bits per heavy atom. The fourth-order valence-electron chi connectivity index (χ4n) is 6.08. The van der Waals surface area contributed by atoms with E-state index in [4.69, 9.17) is 18.9 Å². The molecule has 1 saturated carbocycles. The molecule has 0 aromatic rings. The predicted octanol–water partition coefficient (Wildman–Crippen LogP) is 2.46. The maximum Gasteiger partial charge on any atom is 0.320 e. The largest absolute Gasteiger partial charge is 0.468 e. The molecule has 1 spiro atoms. The second-order valence-corrected chi connectivity index (χ2v) is 8.47. The van der Waals surface area contributed by atoms with Gasteiger partial charge in [0, 0.05) is 17.4 Å². The summed E-state index contributed by atoms with van der Waals surface area (Å²) in [6.45, 7) is 8.05. The summed E-state index contributed by atoms with van der Waals surface area (Å²) < 4.78 is 22.9. The molecule has 138 valence electrons. The molecule has 2 bridgehead atoms. The lowest BCUT2D eigenvalue weighted by atomic mass is 9.47. The van der Waals surface area contributed by atoms with Crippen molar-refractivity contribution in [3.05, 3.63) is 36.3 Å². The highest BCUT2D eigenvalue weighted by Gasteiger charge is 2.79. The van der Waals surface area contributed by atoms with Crippen molar-refractivity contribution in [2.24, 2.45) is 28.6 Å². The number of esters is 2. The normalized spacial score (nSPS) is 50.7. The third kappa shape index (κ3) is 1.50. The van der Waals surface area contributed by atoms with Gasteiger partial charge in [0.1, 0.15) is 5.60 Å².